The molecular weight excluding hydrogens is 564 g/mol. The molecule has 0 bridgehead atoms. The summed E-state index contributed by atoms with van der Waals surface area (Å²) in [6, 6.07) is 24.2. The van der Waals surface area contributed by atoms with Gasteiger partial charge in [0.15, 0.2) is 11.5 Å². The van der Waals surface area contributed by atoms with Crippen LogP contribution >= 0.6 is 0 Å². The Morgan fingerprint density at radius 2 is 1.61 bits per heavy atom. The van der Waals surface area contributed by atoms with Crippen molar-refractivity contribution in [2.45, 2.75) is 13.8 Å². The molecule has 4 aromatic rings. The van der Waals surface area contributed by atoms with E-state index in [1.54, 1.807) is 67.6 Å². The quantitative estimate of drug-likeness (QED) is 0.0547. The van der Waals surface area contributed by atoms with E-state index in [0.29, 0.717) is 34.5 Å². The lowest BCUT2D eigenvalue weighted by molar-refractivity contribution is -0.384. The summed E-state index contributed by atoms with van der Waals surface area (Å²) < 4.78 is 11.0. The molecule has 0 heterocycles. The number of aryl methyl sites for hydroxylation is 1. The van der Waals surface area contributed by atoms with Crippen LogP contribution in [0, 0.1) is 17.0 Å². The number of ether oxygens (including phenoxy) is 2. The highest BCUT2D eigenvalue weighted by molar-refractivity contribution is 6.05. The van der Waals surface area contributed by atoms with E-state index in [4.69, 9.17) is 9.47 Å². The Morgan fingerprint density at radius 1 is 0.864 bits per heavy atom. The molecule has 0 unspecified atom stereocenters. The van der Waals surface area contributed by atoms with Gasteiger partial charge >= 0.3 is 5.97 Å². The summed E-state index contributed by atoms with van der Waals surface area (Å²) in [5.74, 6) is -1.05. The summed E-state index contributed by atoms with van der Waals surface area (Å²) in [6.45, 7) is 3.96. The molecule has 0 spiro atoms. The predicted molar refractivity (Wildman–Crippen MR) is 166 cm³/mol. The van der Waals surface area contributed by atoms with Crippen molar-refractivity contribution in [3.8, 4) is 11.5 Å². The maximum atomic E-state index is 12.7. The lowest BCUT2D eigenvalue weighted by atomic mass is 10.1. The van der Waals surface area contributed by atoms with Crippen molar-refractivity contribution in [3.05, 3.63) is 135 Å². The van der Waals surface area contributed by atoms with Gasteiger partial charge in [-0.3, -0.25) is 19.7 Å². The van der Waals surface area contributed by atoms with Crippen LogP contribution in [0.2, 0.25) is 0 Å². The first-order valence-electron chi connectivity index (χ1n) is 13.4. The molecule has 4 rings (SSSR count). The van der Waals surface area contributed by atoms with E-state index in [1.165, 1.54) is 36.6 Å². The number of nitro groups is 1. The van der Waals surface area contributed by atoms with Gasteiger partial charge in [0.2, 0.25) is 0 Å². The minimum atomic E-state index is -0.705. The molecule has 0 radical (unpaired) electrons. The molecule has 11 nitrogen and oxygen atoms in total. The van der Waals surface area contributed by atoms with Gasteiger partial charge in [-0.25, -0.2) is 10.2 Å². The number of amides is 2. The summed E-state index contributed by atoms with van der Waals surface area (Å²) in [5, 5.41) is 17.7. The predicted octanol–water partition coefficient (Wildman–Crippen LogP) is 5.94. The van der Waals surface area contributed by atoms with Crippen LogP contribution in [-0.4, -0.2) is 35.5 Å². The van der Waals surface area contributed by atoms with Crippen molar-refractivity contribution >= 4 is 41.4 Å². The first-order valence-corrected chi connectivity index (χ1v) is 13.4. The number of rotatable bonds is 11. The Balaban J connectivity index is 1.37. The fourth-order valence-corrected chi connectivity index (χ4v) is 3.96. The van der Waals surface area contributed by atoms with Crippen LogP contribution in [0.1, 0.15) is 44.3 Å². The third-order valence-electron chi connectivity index (χ3n) is 6.01. The number of nitrogens with zero attached hydrogens (tertiary/aromatic N) is 2. The first kappa shape index (κ1) is 30.8. The molecule has 0 aromatic heterocycles. The van der Waals surface area contributed by atoms with Gasteiger partial charge in [0.05, 0.1) is 17.7 Å². The minimum absolute atomic E-state index is 0.0940. The second kappa shape index (κ2) is 14.7. The summed E-state index contributed by atoms with van der Waals surface area (Å²) in [7, 11) is 0. The highest BCUT2D eigenvalue weighted by Gasteiger charge is 2.12. The lowest BCUT2D eigenvalue weighted by Gasteiger charge is -2.10. The SMILES string of the molecule is CCOc1cc(C=NNC(=O)c2cccc(NC(=O)c3cccc(C)c3)c2)ccc1OC(=O)/C=C/c1cccc([N+](=O)[O-])c1. The number of hydrogen-bond donors (Lipinski definition) is 2. The third kappa shape index (κ3) is 8.70. The summed E-state index contributed by atoms with van der Waals surface area (Å²) in [6.07, 6.45) is 3.97. The maximum absolute atomic E-state index is 12.7. The number of hydrogen-bond acceptors (Lipinski definition) is 8. The fourth-order valence-electron chi connectivity index (χ4n) is 3.96. The number of esters is 1. The maximum Gasteiger partial charge on any atom is 0.336 e. The van der Waals surface area contributed by atoms with Gasteiger partial charge in [-0.1, -0.05) is 35.9 Å². The Morgan fingerprint density at radius 3 is 2.36 bits per heavy atom. The lowest BCUT2D eigenvalue weighted by Crippen LogP contribution is -2.18. The Bertz CT molecular complexity index is 1760. The van der Waals surface area contributed by atoms with Gasteiger partial charge in [0.1, 0.15) is 0 Å². The second-order valence-corrected chi connectivity index (χ2v) is 9.35. The third-order valence-corrected chi connectivity index (χ3v) is 6.01. The van der Waals surface area contributed by atoms with Crippen LogP contribution in [0.3, 0.4) is 0 Å². The van der Waals surface area contributed by atoms with Crippen molar-refractivity contribution in [1.29, 1.82) is 0 Å². The highest BCUT2D eigenvalue weighted by atomic mass is 16.6. The molecule has 222 valence electrons. The van der Waals surface area contributed by atoms with E-state index >= 15 is 0 Å². The number of carbonyl (C=O) groups excluding carboxylic acids is 3. The monoisotopic (exact) mass is 592 g/mol. The van der Waals surface area contributed by atoms with Crippen molar-refractivity contribution in [3.63, 3.8) is 0 Å². The number of hydrazone groups is 1. The van der Waals surface area contributed by atoms with Crippen molar-refractivity contribution in [2.75, 3.05) is 11.9 Å². The highest BCUT2D eigenvalue weighted by Crippen LogP contribution is 2.28. The Hall–Kier alpha value is -6.10. The zero-order valence-electron chi connectivity index (χ0n) is 23.9. The molecule has 0 aliphatic heterocycles. The van der Waals surface area contributed by atoms with Gasteiger partial charge in [-0.15, -0.1) is 0 Å². The molecule has 0 saturated carbocycles. The van der Waals surface area contributed by atoms with Crippen LogP contribution in [0.15, 0.2) is 102 Å². The average molecular weight is 593 g/mol. The smallest absolute Gasteiger partial charge is 0.336 e. The second-order valence-electron chi connectivity index (χ2n) is 9.35. The van der Waals surface area contributed by atoms with E-state index in [-0.39, 0.29) is 23.1 Å². The van der Waals surface area contributed by atoms with Crippen LogP contribution in [0.5, 0.6) is 11.5 Å². The average Bonchev–Trinajstić information content (AvgIpc) is 3.01. The van der Waals surface area contributed by atoms with Crippen LogP contribution in [0.25, 0.3) is 6.08 Å². The van der Waals surface area contributed by atoms with E-state index in [9.17, 15) is 24.5 Å². The zero-order chi connectivity index (χ0) is 31.5. The topological polar surface area (TPSA) is 149 Å². The summed E-state index contributed by atoms with van der Waals surface area (Å²) in [5.41, 5.74) is 5.59. The first-order chi connectivity index (χ1) is 21.2. The van der Waals surface area contributed by atoms with Gasteiger partial charge in [0, 0.05) is 35.0 Å². The van der Waals surface area contributed by atoms with Crippen molar-refractivity contribution in [1.82, 2.24) is 5.43 Å². The molecule has 4 aromatic carbocycles. The summed E-state index contributed by atoms with van der Waals surface area (Å²) in [4.78, 5) is 48.1. The van der Waals surface area contributed by atoms with Gasteiger partial charge in [0.25, 0.3) is 17.5 Å². The molecule has 0 atom stereocenters. The Labute approximate surface area is 253 Å². The van der Waals surface area contributed by atoms with E-state index < -0.39 is 16.8 Å². The van der Waals surface area contributed by atoms with Gasteiger partial charge in [-0.05, 0) is 79.6 Å². The standard InChI is InChI=1S/C33H28N4O7/c1-3-43-30-19-24(13-15-29(30)44-31(38)16-14-23-8-5-12-28(18-23)37(41)42)21-34-36-33(40)26-10-6-11-27(20-26)35-32(39)25-9-4-7-22(2)17-25/h4-21H,3H2,1-2H3,(H,35,39)(H,36,40)/b16-14+,34-21?. The van der Waals surface area contributed by atoms with E-state index in [2.05, 4.69) is 15.8 Å². The number of nitro benzene ring substituents is 1. The molecule has 0 fully saturated rings. The van der Waals surface area contributed by atoms with Crippen LogP contribution < -0.4 is 20.2 Å². The van der Waals surface area contributed by atoms with Gasteiger partial charge in [-0.2, -0.15) is 5.10 Å². The molecule has 11 heteroatoms. The van der Waals surface area contributed by atoms with Crippen LogP contribution in [0.4, 0.5) is 11.4 Å². The molecule has 0 saturated heterocycles. The fraction of sp³-hybridized carbons (Fsp3) is 0.0909. The Kier molecular flexibility index (Phi) is 10.3. The number of benzene rings is 4. The van der Waals surface area contributed by atoms with Crippen molar-refractivity contribution < 1.29 is 28.8 Å². The van der Waals surface area contributed by atoms with Gasteiger partial charge < -0.3 is 14.8 Å². The normalized spacial score (nSPS) is 10.9. The largest absolute Gasteiger partial charge is 0.490 e. The molecule has 2 N–H and O–H groups in total. The summed E-state index contributed by atoms with van der Waals surface area (Å²) >= 11 is 0. The number of anilines is 1. The number of non-ortho nitro benzene ring substituents is 1. The molecule has 0 aliphatic rings. The molecular formula is C33H28N4O7. The molecule has 0 aliphatic carbocycles. The van der Waals surface area contributed by atoms with E-state index in [1.807, 2.05) is 13.0 Å². The number of nitrogens with one attached hydrogen (secondary N) is 2. The molecule has 44 heavy (non-hydrogen) atoms. The van der Waals surface area contributed by atoms with Crippen molar-refractivity contribution in [2.24, 2.45) is 5.10 Å². The number of carbonyl (C=O) groups is 3. The van der Waals surface area contributed by atoms with E-state index in [0.717, 1.165) is 11.6 Å². The minimum Gasteiger partial charge on any atom is -0.490 e. The van der Waals surface area contributed by atoms with Crippen LogP contribution in [-0.2, 0) is 4.79 Å². The zero-order valence-corrected chi connectivity index (χ0v) is 23.9. The molecule has 2 amide bonds.